The topological polar surface area (TPSA) is 41.9 Å². The van der Waals surface area contributed by atoms with Gasteiger partial charge in [-0.25, -0.2) is 15.0 Å². The Bertz CT molecular complexity index is 3370. The fraction of sp³-hybridized carbons (Fsp3) is 0.0172. The summed E-state index contributed by atoms with van der Waals surface area (Å²) >= 11 is 1.84. The van der Waals surface area contributed by atoms with Crippen molar-refractivity contribution >= 4 is 53.7 Å². The van der Waals surface area contributed by atoms with Crippen LogP contribution in [0.2, 0.25) is 0 Å². The maximum atomic E-state index is 5.13. The van der Waals surface area contributed by atoms with Gasteiger partial charge in [-0.2, -0.15) is 0 Å². The van der Waals surface area contributed by atoms with E-state index < -0.39 is 0 Å². The molecule has 0 amide bonds. The van der Waals surface area contributed by atoms with Gasteiger partial charge in [0, 0.05) is 49.4 Å². The van der Waals surface area contributed by atoms with Gasteiger partial charge in [0.15, 0.2) is 17.5 Å². The van der Waals surface area contributed by atoms with Crippen molar-refractivity contribution in [1.29, 1.82) is 0 Å². The van der Waals surface area contributed by atoms with Crippen LogP contribution in [0.25, 0.3) is 98.5 Å². The first-order valence-corrected chi connectivity index (χ1v) is 21.9. The molecule has 0 bridgehead atoms. The van der Waals surface area contributed by atoms with Crippen LogP contribution in [0.4, 0.5) is 11.4 Å². The van der Waals surface area contributed by atoms with Crippen LogP contribution >= 0.6 is 11.3 Å². The Morgan fingerprint density at radius 3 is 1.51 bits per heavy atom. The third kappa shape index (κ3) is 7.14. The molecule has 0 N–H and O–H groups in total. The van der Waals surface area contributed by atoms with E-state index in [1.54, 1.807) is 0 Å². The molecule has 0 aliphatic heterocycles. The molecule has 298 valence electrons. The average Bonchev–Trinajstić information content (AvgIpc) is 3.72. The third-order valence-corrected chi connectivity index (χ3v) is 13.0. The number of thiophene rings is 1. The van der Waals surface area contributed by atoms with Crippen LogP contribution in [0, 0.1) is 6.92 Å². The fourth-order valence-electron chi connectivity index (χ4n) is 8.67. The molecule has 0 radical (unpaired) electrons. The first kappa shape index (κ1) is 38.0. The van der Waals surface area contributed by atoms with Crippen LogP contribution < -0.4 is 4.90 Å². The Morgan fingerprint density at radius 1 is 0.429 bits per heavy atom. The first-order valence-electron chi connectivity index (χ1n) is 21.1. The second kappa shape index (κ2) is 16.1. The number of aromatic nitrogens is 3. The average molecular weight is 825 g/mol. The normalized spacial score (nSPS) is 11.3. The van der Waals surface area contributed by atoms with Gasteiger partial charge in [-0.05, 0) is 87.7 Å². The molecule has 9 aromatic carbocycles. The van der Waals surface area contributed by atoms with Crippen molar-refractivity contribution < 1.29 is 0 Å². The van der Waals surface area contributed by atoms with Crippen molar-refractivity contribution in [2.45, 2.75) is 6.92 Å². The molecule has 11 aromatic rings. The summed E-state index contributed by atoms with van der Waals surface area (Å²) in [4.78, 5) is 17.6. The van der Waals surface area contributed by atoms with Crippen LogP contribution in [0.5, 0.6) is 0 Å². The zero-order valence-electron chi connectivity index (χ0n) is 34.6. The molecule has 2 heterocycles. The van der Waals surface area contributed by atoms with E-state index in [1.807, 2.05) is 29.7 Å². The van der Waals surface area contributed by atoms with E-state index in [-0.39, 0.29) is 0 Å². The highest BCUT2D eigenvalue weighted by Gasteiger charge is 2.20. The van der Waals surface area contributed by atoms with Gasteiger partial charge in [-0.1, -0.05) is 176 Å². The lowest BCUT2D eigenvalue weighted by Crippen LogP contribution is -2.08. The van der Waals surface area contributed by atoms with Gasteiger partial charge < -0.3 is 4.90 Å². The zero-order valence-corrected chi connectivity index (χ0v) is 35.4. The molecular weight excluding hydrogens is 785 g/mol. The van der Waals surface area contributed by atoms with Crippen molar-refractivity contribution in [2.24, 2.45) is 0 Å². The Labute approximate surface area is 370 Å². The van der Waals surface area contributed by atoms with E-state index in [4.69, 9.17) is 15.0 Å². The minimum atomic E-state index is 0.622. The highest BCUT2D eigenvalue weighted by molar-refractivity contribution is 7.26. The van der Waals surface area contributed by atoms with E-state index >= 15 is 0 Å². The standard InChI is InChI=1S/C58H40N4S/c1-3-62(49-26-11-6-12-27-49)54-53-38(2)16-13-23-46(53)36-51-50-33-32-45(37-52(50)63-55(51)54)41-28-30-42(31-29-41)56-59-57(47-24-14-21-43(34-47)39-17-7-4-8-18-39)61-58(60-56)48-25-15-22-44(35-48)40-19-9-5-10-20-40/h3-37H,1H2,2H3. The van der Waals surface area contributed by atoms with Gasteiger partial charge in [0.1, 0.15) is 0 Å². The molecule has 63 heavy (non-hydrogen) atoms. The minimum Gasteiger partial charge on any atom is -0.316 e. The van der Waals surface area contributed by atoms with E-state index in [0.29, 0.717) is 17.5 Å². The minimum absolute atomic E-state index is 0.622. The molecule has 0 saturated carbocycles. The molecule has 0 saturated heterocycles. The van der Waals surface area contributed by atoms with Crippen molar-refractivity contribution in [2.75, 3.05) is 4.90 Å². The van der Waals surface area contributed by atoms with Crippen molar-refractivity contribution in [3.05, 3.63) is 225 Å². The molecular formula is C58H40N4S. The Kier molecular flexibility index (Phi) is 9.72. The summed E-state index contributed by atoms with van der Waals surface area (Å²) in [5.74, 6) is 1.88. The number of aryl methyl sites for hydroxylation is 1. The van der Waals surface area contributed by atoms with Crippen LogP contribution in [0.15, 0.2) is 219 Å². The fourth-order valence-corrected chi connectivity index (χ4v) is 9.94. The molecule has 5 heteroatoms. The molecule has 0 unspecified atom stereocenters. The maximum Gasteiger partial charge on any atom is 0.164 e. The SMILES string of the molecule is C=CN(c1ccccc1)c1c2sc3cc(-c4ccc(-c5nc(-c6cccc(-c7ccccc7)c6)nc(-c6cccc(-c7ccccc7)c6)n5)cc4)ccc3c2cc2cccc(C)c12. The van der Waals surface area contributed by atoms with Crippen LogP contribution in [0.1, 0.15) is 5.56 Å². The number of fused-ring (bicyclic) bond motifs is 4. The summed E-state index contributed by atoms with van der Waals surface area (Å²) < 4.78 is 2.48. The van der Waals surface area contributed by atoms with E-state index in [2.05, 4.69) is 213 Å². The van der Waals surface area contributed by atoms with Crippen LogP contribution in [-0.4, -0.2) is 15.0 Å². The number of hydrogen-bond donors (Lipinski definition) is 0. The lowest BCUT2D eigenvalue weighted by atomic mass is 9.98. The van der Waals surface area contributed by atoms with Gasteiger partial charge in [-0.15, -0.1) is 11.3 Å². The Morgan fingerprint density at radius 2 is 0.905 bits per heavy atom. The summed E-state index contributed by atoms with van der Waals surface area (Å²) in [5, 5.41) is 4.96. The van der Waals surface area contributed by atoms with Crippen LogP contribution in [0.3, 0.4) is 0 Å². The number of rotatable bonds is 9. The number of nitrogens with zero attached hydrogens (tertiary/aromatic N) is 4. The first-order chi connectivity index (χ1) is 31.1. The van der Waals surface area contributed by atoms with Gasteiger partial charge in [0.25, 0.3) is 0 Å². The molecule has 0 aliphatic carbocycles. The lowest BCUT2D eigenvalue weighted by Gasteiger charge is -2.24. The zero-order chi connectivity index (χ0) is 42.3. The second-order valence-electron chi connectivity index (χ2n) is 15.8. The molecule has 11 rings (SSSR count). The van der Waals surface area contributed by atoms with E-state index in [9.17, 15) is 0 Å². The van der Waals surface area contributed by atoms with Crippen molar-refractivity contribution in [3.63, 3.8) is 0 Å². The molecule has 0 atom stereocenters. The molecule has 2 aromatic heterocycles. The quantitative estimate of drug-likeness (QED) is 0.145. The van der Waals surface area contributed by atoms with Gasteiger partial charge in [0.2, 0.25) is 0 Å². The third-order valence-electron chi connectivity index (χ3n) is 11.8. The second-order valence-corrected chi connectivity index (χ2v) is 16.8. The summed E-state index contributed by atoms with van der Waals surface area (Å²) in [6.07, 6.45) is 1.94. The summed E-state index contributed by atoms with van der Waals surface area (Å²) in [6.45, 7) is 6.48. The number of hydrogen-bond acceptors (Lipinski definition) is 5. The molecule has 4 nitrogen and oxygen atoms in total. The predicted molar refractivity (Wildman–Crippen MR) is 266 cm³/mol. The number of benzene rings is 9. The number of para-hydroxylation sites is 1. The largest absolute Gasteiger partial charge is 0.316 e. The monoisotopic (exact) mass is 824 g/mol. The summed E-state index contributed by atoms with van der Waals surface area (Å²) in [5.41, 5.74) is 13.0. The highest BCUT2D eigenvalue weighted by atomic mass is 32.1. The summed E-state index contributed by atoms with van der Waals surface area (Å²) in [7, 11) is 0. The maximum absolute atomic E-state index is 5.13. The van der Waals surface area contributed by atoms with Crippen molar-refractivity contribution in [3.8, 4) is 67.5 Å². The van der Waals surface area contributed by atoms with Gasteiger partial charge >= 0.3 is 0 Å². The molecule has 0 fully saturated rings. The lowest BCUT2D eigenvalue weighted by molar-refractivity contribution is 1.07. The molecule has 0 aliphatic rings. The highest BCUT2D eigenvalue weighted by Crippen LogP contribution is 2.47. The Balaban J connectivity index is 1.000. The van der Waals surface area contributed by atoms with Gasteiger partial charge in [-0.3, -0.25) is 0 Å². The predicted octanol–water partition coefficient (Wildman–Crippen LogP) is 16.0. The van der Waals surface area contributed by atoms with Crippen LogP contribution in [-0.2, 0) is 0 Å². The van der Waals surface area contributed by atoms with Crippen molar-refractivity contribution in [1.82, 2.24) is 15.0 Å². The van der Waals surface area contributed by atoms with Gasteiger partial charge in [0.05, 0.1) is 10.4 Å². The molecule has 0 spiro atoms. The smallest absolute Gasteiger partial charge is 0.164 e. The van der Waals surface area contributed by atoms with E-state index in [1.165, 1.54) is 42.2 Å². The van der Waals surface area contributed by atoms with E-state index in [0.717, 1.165) is 55.8 Å². The number of anilines is 2. The summed E-state index contributed by atoms with van der Waals surface area (Å²) in [6, 6.07) is 72.6. The Hall–Kier alpha value is -7.99.